The summed E-state index contributed by atoms with van der Waals surface area (Å²) in [7, 11) is 0. The summed E-state index contributed by atoms with van der Waals surface area (Å²) in [6, 6.07) is 25.2. The molecule has 0 aromatic heterocycles. The Morgan fingerprint density at radius 3 is 2.40 bits per heavy atom. The summed E-state index contributed by atoms with van der Waals surface area (Å²) in [6.07, 6.45) is 0. The monoisotopic (exact) mass is 487 g/mol. The molecule has 8 heteroatoms. The van der Waals surface area contributed by atoms with Crippen molar-refractivity contribution in [1.82, 2.24) is 9.80 Å². The smallest absolute Gasteiger partial charge is 0.291 e. The fourth-order valence-corrected chi connectivity index (χ4v) is 5.10. The standard InChI is InChI=1S/C27H25N3O4S/c1-19-12-13-23-22(16-19)24(31)28(18-30(23)21-10-6-3-7-11-21)14-15-34-26-25(32)29(27(33)35-26)17-20-8-4-2-5-9-20/h2-13,16,26H,14-15,17-18H2,1H3. The van der Waals surface area contributed by atoms with E-state index in [-0.39, 0.29) is 30.2 Å². The average Bonchev–Trinajstić information content (AvgIpc) is 3.14. The van der Waals surface area contributed by atoms with Gasteiger partial charge in [-0.25, -0.2) is 0 Å². The number of carbonyl (C=O) groups is 3. The average molecular weight is 488 g/mol. The molecule has 1 saturated heterocycles. The Hall–Kier alpha value is -3.62. The van der Waals surface area contributed by atoms with Crippen molar-refractivity contribution in [3.05, 3.63) is 95.6 Å². The lowest BCUT2D eigenvalue weighted by molar-refractivity contribution is -0.134. The number of thioether (sulfide) groups is 1. The third kappa shape index (κ3) is 4.80. The van der Waals surface area contributed by atoms with Gasteiger partial charge >= 0.3 is 0 Å². The van der Waals surface area contributed by atoms with Gasteiger partial charge in [0, 0.05) is 12.2 Å². The molecular weight excluding hydrogens is 462 g/mol. The van der Waals surface area contributed by atoms with Crippen LogP contribution in [-0.2, 0) is 16.1 Å². The van der Waals surface area contributed by atoms with Crippen molar-refractivity contribution in [2.24, 2.45) is 0 Å². The Bertz CT molecular complexity index is 1250. The van der Waals surface area contributed by atoms with E-state index in [1.165, 1.54) is 4.90 Å². The van der Waals surface area contributed by atoms with Crippen molar-refractivity contribution in [1.29, 1.82) is 0 Å². The summed E-state index contributed by atoms with van der Waals surface area (Å²) >= 11 is 0.878. The normalized spacial score (nSPS) is 17.8. The van der Waals surface area contributed by atoms with E-state index in [0.717, 1.165) is 34.3 Å². The number of fused-ring (bicyclic) bond motifs is 1. The lowest BCUT2D eigenvalue weighted by Gasteiger charge is -2.38. The van der Waals surface area contributed by atoms with Crippen LogP contribution in [-0.4, -0.2) is 52.1 Å². The Labute approximate surface area is 208 Å². The minimum Gasteiger partial charge on any atom is -0.355 e. The summed E-state index contributed by atoms with van der Waals surface area (Å²) in [5, 5.41) is -0.322. The SMILES string of the molecule is Cc1ccc2c(c1)C(=O)N(CCOC1SC(=O)N(Cc3ccccc3)C1=O)CN2c1ccccc1. The van der Waals surface area contributed by atoms with Crippen LogP contribution in [0.5, 0.6) is 0 Å². The van der Waals surface area contributed by atoms with Gasteiger partial charge in [-0.2, -0.15) is 0 Å². The number of aryl methyl sites for hydroxylation is 1. The van der Waals surface area contributed by atoms with Crippen LogP contribution in [0.3, 0.4) is 0 Å². The summed E-state index contributed by atoms with van der Waals surface area (Å²) in [6.45, 7) is 2.99. The maximum atomic E-state index is 13.3. The van der Waals surface area contributed by atoms with Gasteiger partial charge in [-0.3, -0.25) is 19.3 Å². The highest BCUT2D eigenvalue weighted by atomic mass is 32.2. The number of benzene rings is 3. The van der Waals surface area contributed by atoms with Crippen molar-refractivity contribution in [2.75, 3.05) is 24.7 Å². The van der Waals surface area contributed by atoms with E-state index in [2.05, 4.69) is 4.90 Å². The zero-order valence-electron chi connectivity index (χ0n) is 19.3. The number of carbonyl (C=O) groups excluding carboxylic acids is 3. The number of imide groups is 1. The van der Waals surface area contributed by atoms with Gasteiger partial charge < -0.3 is 14.5 Å². The van der Waals surface area contributed by atoms with Crippen LogP contribution in [0.15, 0.2) is 78.9 Å². The minimum absolute atomic E-state index is 0.0772. The maximum absolute atomic E-state index is 13.3. The fraction of sp³-hybridized carbons (Fsp3) is 0.222. The van der Waals surface area contributed by atoms with Crippen LogP contribution < -0.4 is 4.90 Å². The highest BCUT2D eigenvalue weighted by molar-refractivity contribution is 8.15. The van der Waals surface area contributed by atoms with Crippen molar-refractivity contribution < 1.29 is 19.1 Å². The summed E-state index contributed by atoms with van der Waals surface area (Å²) in [5.41, 5.74) is 3.48. The predicted molar refractivity (Wildman–Crippen MR) is 135 cm³/mol. The van der Waals surface area contributed by atoms with Crippen molar-refractivity contribution in [3.63, 3.8) is 0 Å². The molecule has 0 N–H and O–H groups in total. The van der Waals surface area contributed by atoms with E-state index in [0.29, 0.717) is 18.8 Å². The minimum atomic E-state index is -0.897. The van der Waals surface area contributed by atoms with E-state index in [9.17, 15) is 14.4 Å². The van der Waals surface area contributed by atoms with E-state index in [1.54, 1.807) is 4.90 Å². The molecule has 0 bridgehead atoms. The second kappa shape index (κ2) is 9.93. The maximum Gasteiger partial charge on any atom is 0.291 e. The summed E-state index contributed by atoms with van der Waals surface area (Å²) < 4.78 is 5.80. The highest BCUT2D eigenvalue weighted by Crippen LogP contribution is 2.34. The van der Waals surface area contributed by atoms with Gasteiger partial charge in [-0.05, 0) is 48.5 Å². The van der Waals surface area contributed by atoms with Crippen molar-refractivity contribution in [2.45, 2.75) is 18.9 Å². The van der Waals surface area contributed by atoms with Crippen molar-refractivity contribution in [3.8, 4) is 0 Å². The van der Waals surface area contributed by atoms with Gasteiger partial charge in [-0.15, -0.1) is 0 Å². The highest BCUT2D eigenvalue weighted by Gasteiger charge is 2.40. The Balaban J connectivity index is 1.25. The van der Waals surface area contributed by atoms with Crippen LogP contribution in [0.1, 0.15) is 21.5 Å². The molecule has 0 spiro atoms. The van der Waals surface area contributed by atoms with Crippen molar-refractivity contribution >= 4 is 40.2 Å². The predicted octanol–water partition coefficient (Wildman–Crippen LogP) is 4.78. The molecular formula is C27H25N3O4S. The number of rotatable bonds is 7. The number of anilines is 2. The van der Waals surface area contributed by atoms with Gasteiger partial charge in [0.05, 0.1) is 31.1 Å². The first kappa shape index (κ1) is 23.1. The Morgan fingerprint density at radius 2 is 1.66 bits per heavy atom. The molecule has 1 unspecified atom stereocenters. The second-order valence-electron chi connectivity index (χ2n) is 8.49. The van der Waals surface area contributed by atoms with Crippen LogP contribution in [0.25, 0.3) is 0 Å². The number of nitrogens with zero attached hydrogens (tertiary/aromatic N) is 3. The molecule has 0 aliphatic carbocycles. The number of amides is 3. The molecule has 7 nitrogen and oxygen atoms in total. The molecule has 1 atom stereocenters. The lowest BCUT2D eigenvalue weighted by Crippen LogP contribution is -2.46. The van der Waals surface area contributed by atoms with Gasteiger partial charge in [0.2, 0.25) is 0 Å². The van der Waals surface area contributed by atoms with Crippen LogP contribution in [0, 0.1) is 6.92 Å². The number of ether oxygens (including phenoxy) is 1. The van der Waals surface area contributed by atoms with Crippen LogP contribution >= 0.6 is 11.8 Å². The van der Waals surface area contributed by atoms with Crippen LogP contribution in [0.4, 0.5) is 16.2 Å². The molecule has 3 aromatic carbocycles. The van der Waals surface area contributed by atoms with E-state index >= 15 is 0 Å². The molecule has 1 fully saturated rings. The van der Waals surface area contributed by atoms with Gasteiger partial charge in [0.25, 0.3) is 17.1 Å². The quantitative estimate of drug-likeness (QED) is 0.478. The third-order valence-corrected chi connectivity index (χ3v) is 7.02. The second-order valence-corrected chi connectivity index (χ2v) is 9.50. The Morgan fingerprint density at radius 1 is 0.943 bits per heavy atom. The van der Waals surface area contributed by atoms with E-state index < -0.39 is 5.44 Å². The first-order valence-electron chi connectivity index (χ1n) is 11.4. The van der Waals surface area contributed by atoms with E-state index in [1.807, 2.05) is 85.8 Å². The zero-order chi connectivity index (χ0) is 24.4. The molecule has 2 aliphatic heterocycles. The molecule has 0 radical (unpaired) electrons. The molecule has 0 saturated carbocycles. The number of para-hydroxylation sites is 1. The Kier molecular flexibility index (Phi) is 6.57. The molecule has 5 rings (SSSR count). The lowest BCUT2D eigenvalue weighted by atomic mass is 10.0. The first-order chi connectivity index (χ1) is 17.0. The fourth-order valence-electron chi connectivity index (χ4n) is 4.25. The molecule has 2 aliphatic rings. The third-order valence-electron chi connectivity index (χ3n) is 6.05. The molecule has 2 heterocycles. The van der Waals surface area contributed by atoms with Gasteiger partial charge in [0.1, 0.15) is 0 Å². The van der Waals surface area contributed by atoms with Gasteiger partial charge in [-0.1, -0.05) is 60.2 Å². The first-order valence-corrected chi connectivity index (χ1v) is 12.3. The number of hydrogen-bond donors (Lipinski definition) is 0. The van der Waals surface area contributed by atoms with Gasteiger partial charge in [0.15, 0.2) is 5.44 Å². The molecule has 3 aromatic rings. The summed E-state index contributed by atoms with van der Waals surface area (Å²) in [5.74, 6) is -0.438. The summed E-state index contributed by atoms with van der Waals surface area (Å²) in [4.78, 5) is 43.5. The largest absolute Gasteiger partial charge is 0.355 e. The molecule has 35 heavy (non-hydrogen) atoms. The number of hydrogen-bond acceptors (Lipinski definition) is 6. The van der Waals surface area contributed by atoms with Crippen LogP contribution in [0.2, 0.25) is 0 Å². The topological polar surface area (TPSA) is 70.2 Å². The molecule has 178 valence electrons. The zero-order valence-corrected chi connectivity index (χ0v) is 20.1. The molecule has 3 amide bonds. The van der Waals surface area contributed by atoms with E-state index in [4.69, 9.17) is 4.74 Å².